The van der Waals surface area contributed by atoms with Crippen molar-refractivity contribution >= 4 is 50.4 Å². The molecule has 0 spiro atoms. The number of piperidine rings is 1. The average molecular weight is 430 g/mol. The second-order valence-corrected chi connectivity index (χ2v) is 9.04. The molecule has 6 nitrogen and oxygen atoms in total. The molecule has 1 saturated heterocycles. The standard InChI is InChI=1S/C21H24ClN5OS/c1-26(2)11-14-5-7-27(8-6-14)18-4-3-15(22)9-17(18)25-21(28)16-12-29-19-10-23-13-24-20(16)19/h3-4,9-10,12-14H,5-8,11H2,1-2H3,(H,25,28). The first-order valence-electron chi connectivity index (χ1n) is 9.69. The van der Waals surface area contributed by atoms with E-state index in [0.717, 1.165) is 48.6 Å². The molecule has 152 valence electrons. The van der Waals surface area contributed by atoms with Gasteiger partial charge in [0.05, 0.1) is 27.2 Å². The zero-order chi connectivity index (χ0) is 20.4. The Morgan fingerprint density at radius 2 is 2.14 bits per heavy atom. The van der Waals surface area contributed by atoms with E-state index in [1.165, 1.54) is 17.7 Å². The van der Waals surface area contributed by atoms with Crippen molar-refractivity contribution in [2.45, 2.75) is 12.8 Å². The van der Waals surface area contributed by atoms with Gasteiger partial charge in [0.15, 0.2) is 0 Å². The van der Waals surface area contributed by atoms with E-state index in [2.05, 4.69) is 39.2 Å². The quantitative estimate of drug-likeness (QED) is 0.652. The highest BCUT2D eigenvalue weighted by Crippen LogP contribution is 2.33. The molecule has 0 aliphatic carbocycles. The second kappa shape index (κ2) is 8.65. The summed E-state index contributed by atoms with van der Waals surface area (Å²) in [5.74, 6) is 0.532. The Labute approximate surface area is 179 Å². The van der Waals surface area contributed by atoms with Crippen LogP contribution in [-0.2, 0) is 0 Å². The summed E-state index contributed by atoms with van der Waals surface area (Å²) in [5.41, 5.74) is 2.99. The summed E-state index contributed by atoms with van der Waals surface area (Å²) in [7, 11) is 4.25. The summed E-state index contributed by atoms with van der Waals surface area (Å²) in [5, 5.41) is 5.49. The van der Waals surface area contributed by atoms with Gasteiger partial charge < -0.3 is 15.1 Å². The van der Waals surface area contributed by atoms with Crippen molar-refractivity contribution in [3.63, 3.8) is 0 Å². The average Bonchev–Trinajstić information content (AvgIpc) is 3.13. The predicted molar refractivity (Wildman–Crippen MR) is 120 cm³/mol. The lowest BCUT2D eigenvalue weighted by Crippen LogP contribution is -2.37. The molecule has 0 atom stereocenters. The van der Waals surface area contributed by atoms with Crippen LogP contribution in [0.1, 0.15) is 23.2 Å². The minimum Gasteiger partial charge on any atom is -0.370 e. The normalized spacial score (nSPS) is 15.2. The molecule has 1 aliphatic heterocycles. The van der Waals surface area contributed by atoms with Crippen molar-refractivity contribution in [3.05, 3.63) is 46.7 Å². The number of halogens is 1. The van der Waals surface area contributed by atoms with Crippen LogP contribution in [0.3, 0.4) is 0 Å². The van der Waals surface area contributed by atoms with Crippen LogP contribution in [0.2, 0.25) is 5.02 Å². The van der Waals surface area contributed by atoms with Gasteiger partial charge in [-0.3, -0.25) is 4.79 Å². The molecular formula is C21H24ClN5OS. The van der Waals surface area contributed by atoms with Crippen LogP contribution < -0.4 is 10.2 Å². The van der Waals surface area contributed by atoms with Gasteiger partial charge in [0.2, 0.25) is 0 Å². The SMILES string of the molecule is CN(C)CC1CCN(c2ccc(Cl)cc2NC(=O)c2csc3cncnc23)CC1. The zero-order valence-corrected chi connectivity index (χ0v) is 18.1. The third kappa shape index (κ3) is 4.52. The molecule has 29 heavy (non-hydrogen) atoms. The number of nitrogens with zero attached hydrogens (tertiary/aromatic N) is 4. The molecule has 8 heteroatoms. The van der Waals surface area contributed by atoms with Crippen LogP contribution in [0.5, 0.6) is 0 Å². The molecule has 0 bridgehead atoms. The van der Waals surface area contributed by atoms with E-state index in [-0.39, 0.29) is 5.91 Å². The molecule has 3 aromatic rings. The number of hydrogen-bond acceptors (Lipinski definition) is 6. The van der Waals surface area contributed by atoms with Gasteiger partial charge in [-0.15, -0.1) is 11.3 Å². The maximum Gasteiger partial charge on any atom is 0.258 e. The van der Waals surface area contributed by atoms with E-state index >= 15 is 0 Å². The highest BCUT2D eigenvalue weighted by Gasteiger charge is 2.23. The molecular weight excluding hydrogens is 406 g/mol. The summed E-state index contributed by atoms with van der Waals surface area (Å²) >= 11 is 7.71. The molecule has 0 unspecified atom stereocenters. The lowest BCUT2D eigenvalue weighted by Gasteiger charge is -2.35. The van der Waals surface area contributed by atoms with Gasteiger partial charge in [0.25, 0.3) is 5.91 Å². The first-order chi connectivity index (χ1) is 14.0. The molecule has 1 fully saturated rings. The molecule has 1 aromatic carbocycles. The van der Waals surface area contributed by atoms with E-state index in [1.807, 2.05) is 23.6 Å². The monoisotopic (exact) mass is 429 g/mol. The molecule has 0 saturated carbocycles. The fourth-order valence-corrected chi connectivity index (χ4v) is 4.92. The van der Waals surface area contributed by atoms with Gasteiger partial charge in [0, 0.05) is 36.2 Å². The van der Waals surface area contributed by atoms with Crippen molar-refractivity contribution in [2.75, 3.05) is 43.9 Å². The predicted octanol–water partition coefficient (Wildman–Crippen LogP) is 4.38. The van der Waals surface area contributed by atoms with Crippen molar-refractivity contribution < 1.29 is 4.79 Å². The zero-order valence-electron chi connectivity index (χ0n) is 16.6. The summed E-state index contributed by atoms with van der Waals surface area (Å²) in [6.07, 6.45) is 5.47. The Bertz CT molecular complexity index is 1010. The van der Waals surface area contributed by atoms with Gasteiger partial charge >= 0.3 is 0 Å². The Hall–Kier alpha value is -2.22. The Kier molecular flexibility index (Phi) is 5.99. The van der Waals surface area contributed by atoms with E-state index < -0.39 is 0 Å². The molecule has 3 heterocycles. The highest BCUT2D eigenvalue weighted by atomic mass is 35.5. The van der Waals surface area contributed by atoms with Crippen molar-refractivity contribution in [3.8, 4) is 0 Å². The second-order valence-electron chi connectivity index (χ2n) is 7.69. The number of carbonyl (C=O) groups is 1. The van der Waals surface area contributed by atoms with Crippen molar-refractivity contribution in [1.29, 1.82) is 0 Å². The number of fused-ring (bicyclic) bond motifs is 1. The van der Waals surface area contributed by atoms with Gasteiger partial charge in [-0.1, -0.05) is 11.6 Å². The fraction of sp³-hybridized carbons (Fsp3) is 0.381. The number of rotatable bonds is 5. The number of nitrogens with one attached hydrogen (secondary N) is 1. The number of aromatic nitrogens is 2. The third-order valence-corrected chi connectivity index (χ3v) is 6.41. The molecule has 1 N–H and O–H groups in total. The first-order valence-corrected chi connectivity index (χ1v) is 10.9. The molecule has 4 rings (SSSR count). The van der Waals surface area contributed by atoms with Crippen LogP contribution in [0.15, 0.2) is 36.1 Å². The van der Waals surface area contributed by atoms with Crippen LogP contribution in [0, 0.1) is 5.92 Å². The van der Waals surface area contributed by atoms with Crippen molar-refractivity contribution in [2.24, 2.45) is 5.92 Å². The number of benzene rings is 1. The van der Waals surface area contributed by atoms with Gasteiger partial charge in [-0.2, -0.15) is 0 Å². The topological polar surface area (TPSA) is 61.4 Å². The van der Waals surface area contributed by atoms with E-state index in [0.29, 0.717) is 22.0 Å². The van der Waals surface area contributed by atoms with E-state index in [1.54, 1.807) is 6.20 Å². The Morgan fingerprint density at radius 1 is 1.34 bits per heavy atom. The van der Waals surface area contributed by atoms with Gasteiger partial charge in [0.1, 0.15) is 6.33 Å². The first kappa shape index (κ1) is 20.1. The van der Waals surface area contributed by atoms with Crippen LogP contribution in [0.25, 0.3) is 10.2 Å². The number of thiophene rings is 1. The number of carbonyl (C=O) groups excluding carboxylic acids is 1. The minimum absolute atomic E-state index is 0.180. The maximum atomic E-state index is 13.0. The van der Waals surface area contributed by atoms with Gasteiger partial charge in [-0.05, 0) is 51.1 Å². The summed E-state index contributed by atoms with van der Waals surface area (Å²) in [6, 6.07) is 5.70. The van der Waals surface area contributed by atoms with Crippen molar-refractivity contribution in [1.82, 2.24) is 14.9 Å². The Balaban J connectivity index is 1.54. The third-order valence-electron chi connectivity index (χ3n) is 5.27. The lowest BCUT2D eigenvalue weighted by molar-refractivity contribution is 0.102. The van der Waals surface area contributed by atoms with Crippen LogP contribution in [0.4, 0.5) is 11.4 Å². The summed E-state index contributed by atoms with van der Waals surface area (Å²) in [4.78, 5) is 25.9. The largest absolute Gasteiger partial charge is 0.370 e. The lowest BCUT2D eigenvalue weighted by atomic mass is 9.96. The number of hydrogen-bond donors (Lipinski definition) is 1. The summed E-state index contributed by atoms with van der Waals surface area (Å²) < 4.78 is 0.895. The smallest absolute Gasteiger partial charge is 0.258 e. The van der Waals surface area contributed by atoms with E-state index in [4.69, 9.17) is 11.6 Å². The molecule has 2 aromatic heterocycles. The van der Waals surface area contributed by atoms with Crippen LogP contribution >= 0.6 is 22.9 Å². The summed E-state index contributed by atoms with van der Waals surface area (Å²) in [6.45, 7) is 3.06. The highest BCUT2D eigenvalue weighted by molar-refractivity contribution is 7.17. The van der Waals surface area contributed by atoms with Gasteiger partial charge in [-0.25, -0.2) is 9.97 Å². The molecule has 1 aliphatic rings. The maximum absolute atomic E-state index is 13.0. The Morgan fingerprint density at radius 3 is 2.90 bits per heavy atom. The minimum atomic E-state index is -0.180. The number of anilines is 2. The number of amides is 1. The molecule has 1 amide bonds. The fourth-order valence-electron chi connectivity index (χ4n) is 3.89. The van der Waals surface area contributed by atoms with E-state index in [9.17, 15) is 4.79 Å². The van der Waals surface area contributed by atoms with Crippen LogP contribution in [-0.4, -0.2) is 54.5 Å². The molecule has 0 radical (unpaired) electrons.